The quantitative estimate of drug-likeness (QED) is 0.803. The van der Waals surface area contributed by atoms with E-state index in [0.29, 0.717) is 0 Å². The van der Waals surface area contributed by atoms with Crippen molar-refractivity contribution < 1.29 is 9.53 Å². The molecule has 4 heteroatoms. The molecular weight excluding hydrogens is 264 g/mol. The van der Waals surface area contributed by atoms with Crippen LogP contribution in [0.1, 0.15) is 44.9 Å². The summed E-state index contributed by atoms with van der Waals surface area (Å²) in [5.74, 6) is -0.148. The lowest BCUT2D eigenvalue weighted by Gasteiger charge is -2.31. The summed E-state index contributed by atoms with van der Waals surface area (Å²) in [4.78, 5) is 19.0. The molecule has 0 spiro atoms. The second-order valence-corrected chi connectivity index (χ2v) is 6.76. The first kappa shape index (κ1) is 16.0. The predicted octanol–water partition coefficient (Wildman–Crippen LogP) is 2.63. The summed E-state index contributed by atoms with van der Waals surface area (Å²) in [6, 6.07) is 4.17. The zero-order valence-corrected chi connectivity index (χ0v) is 13.7. The smallest absolute Gasteiger partial charge is 0.310 e. The van der Waals surface area contributed by atoms with E-state index in [0.717, 1.165) is 25.2 Å². The molecule has 0 radical (unpaired) electrons. The average molecular weight is 290 g/mol. The van der Waals surface area contributed by atoms with E-state index in [-0.39, 0.29) is 23.3 Å². The van der Waals surface area contributed by atoms with Gasteiger partial charge in [0, 0.05) is 36.4 Å². The summed E-state index contributed by atoms with van der Waals surface area (Å²) in [7, 11) is 1.47. The Bertz CT molecular complexity index is 491. The van der Waals surface area contributed by atoms with Crippen LogP contribution < -0.4 is 0 Å². The van der Waals surface area contributed by atoms with Gasteiger partial charge in [0.1, 0.15) is 0 Å². The maximum Gasteiger partial charge on any atom is 0.310 e. The van der Waals surface area contributed by atoms with E-state index in [4.69, 9.17) is 4.74 Å². The van der Waals surface area contributed by atoms with Crippen molar-refractivity contribution in [1.82, 2.24) is 9.88 Å². The standard InChI is InChI=1S/C17H26N2O2/c1-6-12-7-8-15(18-9-12)13-10-19(17(2,3)4)11-14(13)16(20)21-5/h7-9,13-14H,6,10-11H2,1-5H3. The Morgan fingerprint density at radius 1 is 1.38 bits per heavy atom. The highest BCUT2D eigenvalue weighted by atomic mass is 16.5. The van der Waals surface area contributed by atoms with E-state index in [9.17, 15) is 4.79 Å². The maximum absolute atomic E-state index is 12.1. The molecule has 1 aliphatic heterocycles. The van der Waals surface area contributed by atoms with Crippen LogP contribution in [0, 0.1) is 5.92 Å². The molecule has 1 aliphatic rings. The van der Waals surface area contributed by atoms with Crippen molar-refractivity contribution in [2.24, 2.45) is 5.92 Å². The number of esters is 1. The van der Waals surface area contributed by atoms with Gasteiger partial charge in [0.25, 0.3) is 0 Å². The molecule has 21 heavy (non-hydrogen) atoms. The molecule has 0 bridgehead atoms. The van der Waals surface area contributed by atoms with E-state index in [1.165, 1.54) is 12.7 Å². The van der Waals surface area contributed by atoms with Crippen LogP contribution >= 0.6 is 0 Å². The second kappa shape index (κ2) is 6.14. The van der Waals surface area contributed by atoms with Gasteiger partial charge in [0.2, 0.25) is 0 Å². The number of rotatable bonds is 3. The first-order valence-electron chi connectivity index (χ1n) is 7.64. The van der Waals surface area contributed by atoms with E-state index in [2.05, 4.69) is 49.7 Å². The molecule has 1 fully saturated rings. The molecule has 2 atom stereocenters. The number of hydrogen-bond donors (Lipinski definition) is 0. The number of hydrogen-bond acceptors (Lipinski definition) is 4. The lowest BCUT2D eigenvalue weighted by Crippen LogP contribution is -2.40. The fourth-order valence-corrected chi connectivity index (χ4v) is 2.91. The Balaban J connectivity index is 2.26. The maximum atomic E-state index is 12.1. The second-order valence-electron chi connectivity index (χ2n) is 6.76. The molecule has 1 aromatic heterocycles. The minimum Gasteiger partial charge on any atom is -0.469 e. The van der Waals surface area contributed by atoms with Crippen molar-refractivity contribution in [1.29, 1.82) is 0 Å². The number of aromatic nitrogens is 1. The molecule has 0 aromatic carbocycles. The van der Waals surface area contributed by atoms with Crippen LogP contribution in [0.4, 0.5) is 0 Å². The Hall–Kier alpha value is -1.42. The third-order valence-electron chi connectivity index (χ3n) is 4.41. The largest absolute Gasteiger partial charge is 0.469 e. The molecular formula is C17H26N2O2. The van der Waals surface area contributed by atoms with Crippen molar-refractivity contribution in [3.8, 4) is 0 Å². The van der Waals surface area contributed by atoms with Gasteiger partial charge < -0.3 is 4.74 Å². The fourth-order valence-electron chi connectivity index (χ4n) is 2.91. The van der Waals surface area contributed by atoms with Crippen molar-refractivity contribution >= 4 is 5.97 Å². The molecule has 1 aromatic rings. The van der Waals surface area contributed by atoms with Crippen LogP contribution in [0.3, 0.4) is 0 Å². The molecule has 1 saturated heterocycles. The molecule has 0 amide bonds. The van der Waals surface area contributed by atoms with Gasteiger partial charge in [-0.2, -0.15) is 0 Å². The third-order valence-corrected chi connectivity index (χ3v) is 4.41. The van der Waals surface area contributed by atoms with Gasteiger partial charge in [-0.3, -0.25) is 14.7 Å². The van der Waals surface area contributed by atoms with Crippen LogP contribution in [0.25, 0.3) is 0 Å². The Kier molecular flexibility index (Phi) is 4.67. The summed E-state index contributed by atoms with van der Waals surface area (Å²) < 4.78 is 5.00. The van der Waals surface area contributed by atoms with Crippen LogP contribution in [0.5, 0.6) is 0 Å². The molecule has 2 heterocycles. The van der Waals surface area contributed by atoms with E-state index >= 15 is 0 Å². The van der Waals surface area contributed by atoms with E-state index in [1.54, 1.807) is 0 Å². The van der Waals surface area contributed by atoms with Gasteiger partial charge in [0.05, 0.1) is 13.0 Å². The van der Waals surface area contributed by atoms with Crippen molar-refractivity contribution in [2.75, 3.05) is 20.2 Å². The number of carbonyl (C=O) groups excluding carboxylic acids is 1. The first-order valence-corrected chi connectivity index (χ1v) is 7.64. The average Bonchev–Trinajstić information content (AvgIpc) is 2.91. The number of carbonyl (C=O) groups is 1. The zero-order valence-electron chi connectivity index (χ0n) is 13.7. The van der Waals surface area contributed by atoms with Gasteiger partial charge in [-0.1, -0.05) is 13.0 Å². The number of pyridine rings is 1. The van der Waals surface area contributed by atoms with Crippen molar-refractivity contribution in [3.05, 3.63) is 29.6 Å². The van der Waals surface area contributed by atoms with Crippen LogP contribution in [-0.2, 0) is 16.0 Å². The number of likely N-dealkylation sites (tertiary alicyclic amines) is 1. The summed E-state index contributed by atoms with van der Waals surface area (Å²) in [5.41, 5.74) is 2.26. The highest BCUT2D eigenvalue weighted by Crippen LogP contribution is 2.36. The van der Waals surface area contributed by atoms with E-state index < -0.39 is 0 Å². The van der Waals surface area contributed by atoms with E-state index in [1.807, 2.05) is 6.20 Å². The Morgan fingerprint density at radius 2 is 2.10 bits per heavy atom. The number of nitrogens with zero attached hydrogens (tertiary/aromatic N) is 2. The van der Waals surface area contributed by atoms with Crippen molar-refractivity contribution in [2.45, 2.75) is 45.6 Å². The molecule has 0 saturated carbocycles. The lowest BCUT2D eigenvalue weighted by molar-refractivity contribution is -0.145. The van der Waals surface area contributed by atoms with Gasteiger partial charge in [-0.15, -0.1) is 0 Å². The highest BCUT2D eigenvalue weighted by molar-refractivity contribution is 5.74. The minimum atomic E-state index is -0.131. The first-order chi connectivity index (χ1) is 9.86. The zero-order chi connectivity index (χ0) is 15.6. The topological polar surface area (TPSA) is 42.4 Å². The van der Waals surface area contributed by atoms with Crippen LogP contribution in [0.2, 0.25) is 0 Å². The number of aryl methyl sites for hydroxylation is 1. The molecule has 4 nitrogen and oxygen atoms in total. The van der Waals surface area contributed by atoms with Gasteiger partial charge >= 0.3 is 5.97 Å². The predicted molar refractivity (Wildman–Crippen MR) is 83.2 cm³/mol. The summed E-state index contributed by atoms with van der Waals surface area (Å²) in [5, 5.41) is 0. The third kappa shape index (κ3) is 3.43. The fraction of sp³-hybridized carbons (Fsp3) is 0.647. The SMILES string of the molecule is CCc1ccc(C2CN(C(C)(C)C)CC2C(=O)OC)nc1. The number of methoxy groups -OCH3 is 1. The molecule has 0 N–H and O–H groups in total. The summed E-state index contributed by atoms with van der Waals surface area (Å²) >= 11 is 0. The molecule has 116 valence electrons. The molecule has 2 unspecified atom stereocenters. The monoisotopic (exact) mass is 290 g/mol. The van der Waals surface area contributed by atoms with Gasteiger partial charge in [-0.25, -0.2) is 0 Å². The van der Waals surface area contributed by atoms with Crippen LogP contribution in [-0.4, -0.2) is 41.6 Å². The Labute approximate surface area is 127 Å². The lowest BCUT2D eigenvalue weighted by atomic mass is 9.92. The molecule has 0 aliphatic carbocycles. The Morgan fingerprint density at radius 3 is 2.57 bits per heavy atom. The normalized spacial score (nSPS) is 23.3. The van der Waals surface area contributed by atoms with Gasteiger partial charge in [-0.05, 0) is 38.8 Å². The summed E-state index contributed by atoms with van der Waals surface area (Å²) in [6.07, 6.45) is 2.90. The molecule has 2 rings (SSSR count). The van der Waals surface area contributed by atoms with Crippen molar-refractivity contribution in [3.63, 3.8) is 0 Å². The number of ether oxygens (including phenoxy) is 1. The highest BCUT2D eigenvalue weighted by Gasteiger charge is 2.43. The minimum absolute atomic E-state index is 0.0460. The summed E-state index contributed by atoms with van der Waals surface area (Å²) in [6.45, 7) is 10.2. The van der Waals surface area contributed by atoms with Gasteiger partial charge in [0.15, 0.2) is 0 Å². The van der Waals surface area contributed by atoms with Crippen LogP contribution in [0.15, 0.2) is 18.3 Å².